The van der Waals surface area contributed by atoms with Crippen LogP contribution in [0.25, 0.3) is 0 Å². The lowest BCUT2D eigenvalue weighted by Crippen LogP contribution is -2.43. The average Bonchev–Trinajstić information content (AvgIpc) is 2.61. The van der Waals surface area contributed by atoms with Gasteiger partial charge in [0.25, 0.3) is 5.91 Å². The van der Waals surface area contributed by atoms with Crippen molar-refractivity contribution in [1.82, 2.24) is 5.32 Å². The Labute approximate surface area is 174 Å². The molecule has 28 heavy (non-hydrogen) atoms. The second-order valence-electron chi connectivity index (χ2n) is 7.21. The molecular weight excluding hydrogens is 403 g/mol. The maximum Gasteiger partial charge on any atom is 0.258 e. The number of amides is 1. The third kappa shape index (κ3) is 6.39. The Balaban J connectivity index is 2.01. The summed E-state index contributed by atoms with van der Waals surface area (Å²) in [6, 6.07) is 8.59. The molecule has 0 aliphatic carbocycles. The van der Waals surface area contributed by atoms with Gasteiger partial charge in [-0.15, -0.1) is 0 Å². The zero-order valence-corrected chi connectivity index (χ0v) is 17.7. The summed E-state index contributed by atoms with van der Waals surface area (Å²) < 4.78 is 10.9. The first-order valence-corrected chi connectivity index (χ1v) is 9.37. The van der Waals surface area contributed by atoms with Gasteiger partial charge in [-0.25, -0.2) is 0 Å². The molecule has 0 saturated heterocycles. The van der Waals surface area contributed by atoms with Gasteiger partial charge in [-0.1, -0.05) is 29.3 Å². The van der Waals surface area contributed by atoms with E-state index in [4.69, 9.17) is 32.7 Å². The number of aromatic hydroxyl groups is 1. The summed E-state index contributed by atoms with van der Waals surface area (Å²) in [5, 5.41) is 16.0. The van der Waals surface area contributed by atoms with Gasteiger partial charge in [0.15, 0.2) is 23.9 Å². The highest BCUT2D eigenvalue weighted by molar-refractivity contribution is 6.37. The number of ether oxygens (including phenoxy) is 2. The molecule has 8 heteroatoms. The first kappa shape index (κ1) is 22.0. The number of halogens is 2. The number of benzene rings is 2. The number of carbonyl (C=O) groups excluding carboxylic acids is 1. The van der Waals surface area contributed by atoms with Crippen LogP contribution in [-0.2, 0) is 11.3 Å². The Morgan fingerprint density at radius 3 is 2.32 bits per heavy atom. The van der Waals surface area contributed by atoms with Crippen molar-refractivity contribution in [1.29, 1.82) is 0 Å². The number of rotatable bonds is 7. The van der Waals surface area contributed by atoms with E-state index >= 15 is 0 Å². The number of anilines is 1. The molecule has 0 bridgehead atoms. The first-order chi connectivity index (χ1) is 13.1. The van der Waals surface area contributed by atoms with Gasteiger partial charge in [0, 0.05) is 17.8 Å². The van der Waals surface area contributed by atoms with Crippen LogP contribution >= 0.6 is 23.2 Å². The van der Waals surface area contributed by atoms with Gasteiger partial charge in [-0.2, -0.15) is 0 Å². The van der Waals surface area contributed by atoms with E-state index in [2.05, 4.69) is 10.6 Å². The molecule has 2 aromatic carbocycles. The van der Waals surface area contributed by atoms with Gasteiger partial charge >= 0.3 is 0 Å². The normalized spacial score (nSPS) is 11.1. The van der Waals surface area contributed by atoms with E-state index < -0.39 is 0 Å². The van der Waals surface area contributed by atoms with Crippen LogP contribution in [0.5, 0.6) is 17.2 Å². The Kier molecular flexibility index (Phi) is 7.27. The standard InChI is InChI=1S/C20H24Cl2N2O4/c1-20(2,3)24-18(25)11-28-16-6-5-12(7-17(16)27-4)10-23-13-8-14(21)19(26)15(22)9-13/h5-9,23,26H,10-11H2,1-4H3,(H,24,25). The quantitative estimate of drug-likeness (QED) is 0.563. The zero-order chi connectivity index (χ0) is 20.9. The van der Waals surface area contributed by atoms with Crippen LogP contribution in [0.3, 0.4) is 0 Å². The molecule has 1 amide bonds. The Hall–Kier alpha value is -2.31. The van der Waals surface area contributed by atoms with Crippen molar-refractivity contribution in [2.24, 2.45) is 0 Å². The lowest BCUT2D eigenvalue weighted by atomic mass is 10.1. The molecular formula is C20H24Cl2N2O4. The van der Waals surface area contributed by atoms with E-state index in [9.17, 15) is 9.90 Å². The van der Waals surface area contributed by atoms with E-state index in [-0.39, 0.29) is 33.8 Å². The number of hydrogen-bond donors (Lipinski definition) is 3. The topological polar surface area (TPSA) is 79.8 Å². The second-order valence-corrected chi connectivity index (χ2v) is 8.03. The van der Waals surface area contributed by atoms with E-state index in [1.807, 2.05) is 32.9 Å². The molecule has 3 N–H and O–H groups in total. The lowest BCUT2D eigenvalue weighted by molar-refractivity contribution is -0.124. The van der Waals surface area contributed by atoms with Crippen molar-refractivity contribution in [3.05, 3.63) is 45.9 Å². The highest BCUT2D eigenvalue weighted by Gasteiger charge is 2.15. The maximum absolute atomic E-state index is 11.9. The van der Waals surface area contributed by atoms with Crippen molar-refractivity contribution >= 4 is 34.8 Å². The molecule has 0 aliphatic heterocycles. The minimum absolute atomic E-state index is 0.101. The molecule has 0 aromatic heterocycles. The summed E-state index contributed by atoms with van der Waals surface area (Å²) >= 11 is 11.9. The number of methoxy groups -OCH3 is 1. The minimum atomic E-state index is -0.319. The van der Waals surface area contributed by atoms with Crippen LogP contribution in [0.1, 0.15) is 26.3 Å². The van der Waals surface area contributed by atoms with Crippen LogP contribution in [0.4, 0.5) is 5.69 Å². The predicted octanol–water partition coefficient (Wildman–Crippen LogP) is 4.61. The Morgan fingerprint density at radius 2 is 1.75 bits per heavy atom. The first-order valence-electron chi connectivity index (χ1n) is 8.61. The number of hydrogen-bond acceptors (Lipinski definition) is 5. The molecule has 152 valence electrons. The van der Waals surface area contributed by atoms with Crippen molar-refractivity contribution in [2.45, 2.75) is 32.9 Å². The monoisotopic (exact) mass is 426 g/mol. The molecule has 0 atom stereocenters. The molecule has 0 spiro atoms. The van der Waals surface area contributed by atoms with Gasteiger partial charge in [-0.3, -0.25) is 4.79 Å². The van der Waals surface area contributed by atoms with Crippen LogP contribution < -0.4 is 20.1 Å². The van der Waals surface area contributed by atoms with E-state index in [1.165, 1.54) is 7.11 Å². The van der Waals surface area contributed by atoms with Gasteiger partial charge in [0.05, 0.1) is 17.2 Å². The minimum Gasteiger partial charge on any atom is -0.505 e. The summed E-state index contributed by atoms with van der Waals surface area (Å²) in [6.07, 6.45) is 0. The van der Waals surface area contributed by atoms with Gasteiger partial charge < -0.3 is 25.2 Å². The van der Waals surface area contributed by atoms with Crippen LogP contribution in [0.15, 0.2) is 30.3 Å². The molecule has 0 radical (unpaired) electrons. The molecule has 2 aromatic rings. The molecule has 2 rings (SSSR count). The van der Waals surface area contributed by atoms with Crippen molar-refractivity contribution in [3.8, 4) is 17.2 Å². The summed E-state index contributed by atoms with van der Waals surface area (Å²) in [5.41, 5.74) is 1.27. The lowest BCUT2D eigenvalue weighted by Gasteiger charge is -2.20. The number of phenolic OH excluding ortho intramolecular Hbond substituents is 1. The van der Waals surface area contributed by atoms with Crippen LogP contribution in [0.2, 0.25) is 10.0 Å². The predicted molar refractivity (Wildman–Crippen MR) is 112 cm³/mol. The Bertz CT molecular complexity index is 828. The third-order valence-corrected chi connectivity index (χ3v) is 4.19. The van der Waals surface area contributed by atoms with E-state index in [1.54, 1.807) is 18.2 Å². The largest absolute Gasteiger partial charge is 0.505 e. The van der Waals surface area contributed by atoms with Crippen molar-refractivity contribution in [3.63, 3.8) is 0 Å². The summed E-state index contributed by atoms with van der Waals surface area (Å²) in [5.74, 6) is 0.643. The fourth-order valence-corrected chi connectivity index (χ4v) is 2.90. The summed E-state index contributed by atoms with van der Waals surface area (Å²) in [4.78, 5) is 11.9. The van der Waals surface area contributed by atoms with Crippen LogP contribution in [0, 0.1) is 0 Å². The highest BCUT2D eigenvalue weighted by Crippen LogP contribution is 2.35. The smallest absolute Gasteiger partial charge is 0.258 e. The number of phenols is 1. The SMILES string of the molecule is COc1cc(CNc2cc(Cl)c(O)c(Cl)c2)ccc1OCC(=O)NC(C)(C)C. The molecule has 0 saturated carbocycles. The molecule has 0 unspecified atom stereocenters. The van der Waals surface area contributed by atoms with E-state index in [0.717, 1.165) is 5.56 Å². The van der Waals surface area contributed by atoms with Crippen molar-refractivity contribution < 1.29 is 19.4 Å². The summed E-state index contributed by atoms with van der Waals surface area (Å²) in [7, 11) is 1.54. The second kappa shape index (κ2) is 9.26. The van der Waals surface area contributed by atoms with Crippen LogP contribution in [-0.4, -0.2) is 30.3 Å². The third-order valence-electron chi connectivity index (χ3n) is 3.61. The zero-order valence-electron chi connectivity index (χ0n) is 16.2. The number of nitrogens with one attached hydrogen (secondary N) is 2. The number of carbonyl (C=O) groups is 1. The Morgan fingerprint density at radius 1 is 1.11 bits per heavy atom. The molecule has 0 heterocycles. The van der Waals surface area contributed by atoms with Gasteiger partial charge in [0.2, 0.25) is 0 Å². The average molecular weight is 427 g/mol. The van der Waals surface area contributed by atoms with Gasteiger partial charge in [-0.05, 0) is 50.6 Å². The highest BCUT2D eigenvalue weighted by atomic mass is 35.5. The fraction of sp³-hybridized carbons (Fsp3) is 0.350. The maximum atomic E-state index is 11.9. The van der Waals surface area contributed by atoms with Crippen molar-refractivity contribution in [2.75, 3.05) is 19.0 Å². The molecule has 0 aliphatic rings. The van der Waals surface area contributed by atoms with E-state index in [0.29, 0.717) is 23.7 Å². The molecule has 6 nitrogen and oxygen atoms in total. The summed E-state index contributed by atoms with van der Waals surface area (Å²) in [6.45, 7) is 6.08. The molecule has 0 fully saturated rings. The fourth-order valence-electron chi connectivity index (χ4n) is 2.41. The van der Waals surface area contributed by atoms with Gasteiger partial charge in [0.1, 0.15) is 0 Å².